The molecule has 1 fully saturated rings. The summed E-state index contributed by atoms with van der Waals surface area (Å²) < 4.78 is 11.9. The van der Waals surface area contributed by atoms with Crippen molar-refractivity contribution in [2.24, 2.45) is 0 Å². The Bertz CT molecular complexity index is 906. The zero-order valence-electron chi connectivity index (χ0n) is 16.9. The van der Waals surface area contributed by atoms with Crippen molar-refractivity contribution >= 4 is 17.7 Å². The number of hydrogen-bond donors (Lipinski definition) is 0. The van der Waals surface area contributed by atoms with Crippen molar-refractivity contribution in [1.29, 1.82) is 0 Å². The molecule has 28 heavy (non-hydrogen) atoms. The number of nitrogens with zero attached hydrogens (tertiary/aromatic N) is 2. The van der Waals surface area contributed by atoms with Crippen LogP contribution in [0.4, 0.5) is 0 Å². The Kier molecular flexibility index (Phi) is 5.45. The summed E-state index contributed by atoms with van der Waals surface area (Å²) in [6.45, 7) is 7.76. The second kappa shape index (κ2) is 7.66. The summed E-state index contributed by atoms with van der Waals surface area (Å²) in [4.78, 5) is 40.2. The lowest BCUT2D eigenvalue weighted by Crippen LogP contribution is -2.45. The summed E-state index contributed by atoms with van der Waals surface area (Å²) in [5.41, 5.74) is 2.16. The quantitative estimate of drug-likeness (QED) is 0.538. The smallest absolute Gasteiger partial charge is 0.354 e. The summed E-state index contributed by atoms with van der Waals surface area (Å²) in [5, 5.41) is 0. The molecule has 0 bridgehead atoms. The van der Waals surface area contributed by atoms with Crippen LogP contribution in [0.3, 0.4) is 0 Å². The first-order valence-corrected chi connectivity index (χ1v) is 9.51. The van der Waals surface area contributed by atoms with Gasteiger partial charge in [0.05, 0.1) is 19.4 Å². The number of ether oxygens (including phenoxy) is 1. The van der Waals surface area contributed by atoms with Gasteiger partial charge in [-0.25, -0.2) is 4.79 Å². The molecule has 1 saturated carbocycles. The number of ketones is 1. The zero-order valence-corrected chi connectivity index (χ0v) is 16.9. The van der Waals surface area contributed by atoms with E-state index in [0.717, 1.165) is 12.8 Å². The standard InChI is InChI=1S/C21H26N2O5/c1-6-22-13(3)17(12(2)18(22)21(26)27-5)19(24)14(4)23(15-9-10-15)20(25)16-8-7-11-28-16/h7-8,11,14-15H,6,9-10H2,1-5H3. The van der Waals surface area contributed by atoms with E-state index in [-0.39, 0.29) is 23.5 Å². The summed E-state index contributed by atoms with van der Waals surface area (Å²) in [5.74, 6) is -0.716. The van der Waals surface area contributed by atoms with Crippen LogP contribution in [0.15, 0.2) is 22.8 Å². The third-order valence-corrected chi connectivity index (χ3v) is 5.41. The van der Waals surface area contributed by atoms with Gasteiger partial charge < -0.3 is 18.6 Å². The molecule has 1 amide bonds. The van der Waals surface area contributed by atoms with Crippen LogP contribution < -0.4 is 0 Å². The van der Waals surface area contributed by atoms with Crippen LogP contribution in [-0.4, -0.2) is 46.3 Å². The maximum Gasteiger partial charge on any atom is 0.354 e. The number of methoxy groups -OCH3 is 1. The number of Topliss-reactive ketones (excluding diaryl/α,β-unsaturated/α-hetero) is 1. The van der Waals surface area contributed by atoms with Gasteiger partial charge in [0.15, 0.2) is 11.5 Å². The van der Waals surface area contributed by atoms with Crippen molar-refractivity contribution < 1.29 is 23.5 Å². The van der Waals surface area contributed by atoms with Crippen molar-refractivity contribution in [3.8, 4) is 0 Å². The van der Waals surface area contributed by atoms with E-state index in [0.29, 0.717) is 29.1 Å². The normalized spacial score (nSPS) is 14.6. The number of amides is 1. The van der Waals surface area contributed by atoms with E-state index >= 15 is 0 Å². The van der Waals surface area contributed by atoms with Gasteiger partial charge in [-0.3, -0.25) is 9.59 Å². The third kappa shape index (κ3) is 3.25. The van der Waals surface area contributed by atoms with E-state index in [1.165, 1.54) is 13.4 Å². The van der Waals surface area contributed by atoms with Gasteiger partial charge in [0.1, 0.15) is 5.69 Å². The van der Waals surface area contributed by atoms with E-state index < -0.39 is 12.0 Å². The molecule has 0 spiro atoms. The van der Waals surface area contributed by atoms with Crippen molar-refractivity contribution in [3.63, 3.8) is 0 Å². The molecule has 150 valence electrons. The maximum atomic E-state index is 13.4. The van der Waals surface area contributed by atoms with Crippen molar-refractivity contribution in [2.45, 2.75) is 59.2 Å². The van der Waals surface area contributed by atoms with Gasteiger partial charge in [-0.1, -0.05) is 0 Å². The van der Waals surface area contributed by atoms with Crippen LogP contribution in [-0.2, 0) is 11.3 Å². The Balaban J connectivity index is 2.00. The first kappa shape index (κ1) is 19.9. The summed E-state index contributed by atoms with van der Waals surface area (Å²) in [7, 11) is 1.32. The predicted molar refractivity (Wildman–Crippen MR) is 103 cm³/mol. The molecule has 1 unspecified atom stereocenters. The molecule has 0 aliphatic heterocycles. The molecule has 2 aromatic rings. The second-order valence-electron chi connectivity index (χ2n) is 7.13. The van der Waals surface area contributed by atoms with Crippen LogP contribution in [0.2, 0.25) is 0 Å². The fraction of sp³-hybridized carbons (Fsp3) is 0.476. The van der Waals surface area contributed by atoms with Gasteiger partial charge in [-0.05, 0) is 58.2 Å². The number of hydrogen-bond acceptors (Lipinski definition) is 5. The largest absolute Gasteiger partial charge is 0.464 e. The van der Waals surface area contributed by atoms with Gasteiger partial charge >= 0.3 is 5.97 Å². The van der Waals surface area contributed by atoms with Gasteiger partial charge in [-0.15, -0.1) is 0 Å². The highest BCUT2D eigenvalue weighted by molar-refractivity contribution is 6.07. The SMILES string of the molecule is CCn1c(C)c(C(=O)C(C)N(C(=O)c2ccco2)C2CC2)c(C)c1C(=O)OC. The summed E-state index contributed by atoms with van der Waals surface area (Å²) in [6, 6.07) is 2.63. The van der Waals surface area contributed by atoms with E-state index in [9.17, 15) is 14.4 Å². The monoisotopic (exact) mass is 386 g/mol. The first-order chi connectivity index (χ1) is 13.3. The molecule has 0 N–H and O–H groups in total. The molecule has 7 heteroatoms. The number of rotatable bonds is 7. The van der Waals surface area contributed by atoms with Crippen LogP contribution in [0, 0.1) is 13.8 Å². The number of carbonyl (C=O) groups is 3. The summed E-state index contributed by atoms with van der Waals surface area (Å²) >= 11 is 0. The molecule has 3 rings (SSSR count). The zero-order chi connectivity index (χ0) is 20.6. The molecular formula is C21H26N2O5. The number of furan rings is 1. The lowest BCUT2D eigenvalue weighted by molar-refractivity contribution is 0.0581. The van der Waals surface area contributed by atoms with Crippen LogP contribution in [0.1, 0.15) is 69.3 Å². The minimum atomic E-state index is -0.666. The topological polar surface area (TPSA) is 81.8 Å². The Morgan fingerprint density at radius 1 is 1.32 bits per heavy atom. The van der Waals surface area contributed by atoms with E-state index in [4.69, 9.17) is 9.15 Å². The molecule has 0 saturated heterocycles. The molecule has 0 aromatic carbocycles. The van der Waals surface area contributed by atoms with Crippen molar-refractivity contribution in [1.82, 2.24) is 9.47 Å². The van der Waals surface area contributed by atoms with Crippen molar-refractivity contribution in [3.05, 3.63) is 46.7 Å². The molecule has 2 heterocycles. The van der Waals surface area contributed by atoms with Gasteiger partial charge in [0.2, 0.25) is 0 Å². The van der Waals surface area contributed by atoms with E-state index in [1.807, 2.05) is 13.8 Å². The lowest BCUT2D eigenvalue weighted by atomic mass is 9.99. The molecule has 1 atom stereocenters. The minimum absolute atomic E-state index is 0.0329. The van der Waals surface area contributed by atoms with Crippen LogP contribution in [0.25, 0.3) is 0 Å². The first-order valence-electron chi connectivity index (χ1n) is 9.51. The Hall–Kier alpha value is -2.83. The number of aromatic nitrogens is 1. The molecule has 7 nitrogen and oxygen atoms in total. The molecular weight excluding hydrogens is 360 g/mol. The average Bonchev–Trinajstić information content (AvgIpc) is 3.27. The van der Waals surface area contributed by atoms with E-state index in [2.05, 4.69) is 0 Å². The van der Waals surface area contributed by atoms with Crippen LogP contribution >= 0.6 is 0 Å². The average molecular weight is 386 g/mol. The lowest BCUT2D eigenvalue weighted by Gasteiger charge is -2.28. The second-order valence-corrected chi connectivity index (χ2v) is 7.13. The Morgan fingerprint density at radius 3 is 2.50 bits per heavy atom. The number of esters is 1. The maximum absolute atomic E-state index is 13.4. The molecule has 1 aliphatic carbocycles. The molecule has 2 aromatic heterocycles. The van der Waals surface area contributed by atoms with Gasteiger partial charge in [0, 0.05) is 23.8 Å². The van der Waals surface area contributed by atoms with Crippen LogP contribution in [0.5, 0.6) is 0 Å². The fourth-order valence-electron chi connectivity index (χ4n) is 3.89. The van der Waals surface area contributed by atoms with E-state index in [1.54, 1.807) is 35.4 Å². The van der Waals surface area contributed by atoms with Gasteiger partial charge in [0.25, 0.3) is 5.91 Å². The Labute approximate surface area is 164 Å². The third-order valence-electron chi connectivity index (χ3n) is 5.41. The highest BCUT2D eigenvalue weighted by Crippen LogP contribution is 2.33. The molecule has 1 aliphatic rings. The van der Waals surface area contributed by atoms with Crippen molar-refractivity contribution in [2.75, 3.05) is 7.11 Å². The van der Waals surface area contributed by atoms with Gasteiger partial charge in [-0.2, -0.15) is 0 Å². The fourth-order valence-corrected chi connectivity index (χ4v) is 3.89. The number of carbonyl (C=O) groups excluding carboxylic acids is 3. The summed E-state index contributed by atoms with van der Waals surface area (Å²) in [6.07, 6.45) is 3.18. The highest BCUT2D eigenvalue weighted by Gasteiger charge is 2.41. The predicted octanol–water partition coefficient (Wildman–Crippen LogP) is 3.38. The minimum Gasteiger partial charge on any atom is -0.464 e. The molecule has 0 radical (unpaired) electrons. The Morgan fingerprint density at radius 2 is 2.00 bits per heavy atom. The highest BCUT2D eigenvalue weighted by atomic mass is 16.5.